The second-order valence-electron chi connectivity index (χ2n) is 4.67. The predicted molar refractivity (Wildman–Crippen MR) is 80.7 cm³/mol. The molecule has 0 N–H and O–H groups in total. The van der Waals surface area contributed by atoms with Gasteiger partial charge < -0.3 is 4.40 Å². The molecule has 0 amide bonds. The largest absolute Gasteiger partial charge is 0.304 e. The average molecular weight is 264 g/mol. The molecule has 92 valence electrons. The summed E-state index contributed by atoms with van der Waals surface area (Å²) < 4.78 is 3.45. The molecular formula is C16H12N2S. The molecule has 0 aliphatic heterocycles. The van der Waals surface area contributed by atoms with E-state index in [1.54, 1.807) is 11.3 Å². The first-order valence-corrected chi connectivity index (χ1v) is 7.06. The normalized spacial score (nSPS) is 11.4. The van der Waals surface area contributed by atoms with E-state index < -0.39 is 0 Å². The van der Waals surface area contributed by atoms with E-state index in [4.69, 9.17) is 4.98 Å². The summed E-state index contributed by atoms with van der Waals surface area (Å²) in [5.41, 5.74) is 3.26. The van der Waals surface area contributed by atoms with Crippen molar-refractivity contribution in [2.24, 2.45) is 0 Å². The number of hydrogen-bond acceptors (Lipinski definition) is 2. The fraction of sp³-hybridized carbons (Fsp3) is 0.0625. The first-order valence-electron chi connectivity index (χ1n) is 6.25. The van der Waals surface area contributed by atoms with E-state index in [1.807, 2.05) is 12.1 Å². The summed E-state index contributed by atoms with van der Waals surface area (Å²) in [7, 11) is 0. The Hall–Kier alpha value is -2.13. The van der Waals surface area contributed by atoms with Gasteiger partial charge in [-0.15, -0.1) is 11.3 Å². The SMILES string of the molecule is Cc1cccc2nc(-c3cc4ccccc4s3)cn12. The van der Waals surface area contributed by atoms with E-state index in [9.17, 15) is 0 Å². The third-order valence-electron chi connectivity index (χ3n) is 3.37. The topological polar surface area (TPSA) is 17.3 Å². The molecule has 1 aromatic carbocycles. The lowest BCUT2D eigenvalue weighted by molar-refractivity contribution is 1.09. The predicted octanol–water partition coefficient (Wildman–Crippen LogP) is 4.52. The van der Waals surface area contributed by atoms with Gasteiger partial charge in [0.2, 0.25) is 0 Å². The van der Waals surface area contributed by atoms with Crippen LogP contribution in [0.15, 0.2) is 54.7 Å². The highest BCUT2D eigenvalue weighted by atomic mass is 32.1. The Bertz CT molecular complexity index is 853. The number of aromatic nitrogens is 2. The molecule has 0 unspecified atom stereocenters. The Kier molecular flexibility index (Phi) is 2.23. The summed E-state index contributed by atoms with van der Waals surface area (Å²) in [5.74, 6) is 0. The minimum atomic E-state index is 1.01. The Labute approximate surface area is 115 Å². The van der Waals surface area contributed by atoms with Gasteiger partial charge in [-0.2, -0.15) is 0 Å². The van der Waals surface area contributed by atoms with E-state index in [2.05, 4.69) is 53.9 Å². The lowest BCUT2D eigenvalue weighted by Gasteiger charge is -1.95. The molecule has 0 saturated carbocycles. The van der Waals surface area contributed by atoms with E-state index in [0.717, 1.165) is 11.3 Å². The number of rotatable bonds is 1. The molecule has 0 aliphatic carbocycles. The van der Waals surface area contributed by atoms with Gasteiger partial charge in [-0.3, -0.25) is 0 Å². The Morgan fingerprint density at radius 2 is 1.95 bits per heavy atom. The van der Waals surface area contributed by atoms with Gasteiger partial charge in [-0.1, -0.05) is 24.3 Å². The number of aryl methyl sites for hydroxylation is 1. The van der Waals surface area contributed by atoms with Crippen LogP contribution in [0.5, 0.6) is 0 Å². The molecule has 3 heteroatoms. The van der Waals surface area contributed by atoms with Crippen molar-refractivity contribution >= 4 is 27.1 Å². The van der Waals surface area contributed by atoms with E-state index in [-0.39, 0.29) is 0 Å². The van der Waals surface area contributed by atoms with Gasteiger partial charge >= 0.3 is 0 Å². The van der Waals surface area contributed by atoms with Crippen LogP contribution in [0.1, 0.15) is 5.69 Å². The van der Waals surface area contributed by atoms with Crippen molar-refractivity contribution in [2.45, 2.75) is 6.92 Å². The van der Waals surface area contributed by atoms with E-state index in [1.165, 1.54) is 20.7 Å². The maximum absolute atomic E-state index is 4.71. The third-order valence-corrected chi connectivity index (χ3v) is 4.51. The molecule has 0 saturated heterocycles. The Morgan fingerprint density at radius 1 is 1.05 bits per heavy atom. The van der Waals surface area contributed by atoms with Crippen LogP contribution in [-0.4, -0.2) is 9.38 Å². The van der Waals surface area contributed by atoms with Crippen LogP contribution in [0, 0.1) is 6.92 Å². The molecule has 0 radical (unpaired) electrons. The van der Waals surface area contributed by atoms with Gasteiger partial charge in [-0.05, 0) is 36.6 Å². The zero-order valence-corrected chi connectivity index (χ0v) is 11.3. The minimum Gasteiger partial charge on any atom is -0.304 e. The zero-order valence-electron chi connectivity index (χ0n) is 10.5. The van der Waals surface area contributed by atoms with Crippen molar-refractivity contribution in [2.75, 3.05) is 0 Å². The number of hydrogen-bond donors (Lipinski definition) is 0. The van der Waals surface area contributed by atoms with Crippen molar-refractivity contribution in [1.29, 1.82) is 0 Å². The molecular weight excluding hydrogens is 252 g/mol. The van der Waals surface area contributed by atoms with Crippen LogP contribution in [0.2, 0.25) is 0 Å². The van der Waals surface area contributed by atoms with Gasteiger partial charge in [-0.25, -0.2) is 4.98 Å². The summed E-state index contributed by atoms with van der Waals surface area (Å²) in [6.07, 6.45) is 2.12. The Balaban J connectivity index is 1.96. The average Bonchev–Trinajstić information content (AvgIpc) is 3.02. The second kappa shape index (κ2) is 3.93. The van der Waals surface area contributed by atoms with Crippen molar-refractivity contribution < 1.29 is 0 Å². The molecule has 19 heavy (non-hydrogen) atoms. The Morgan fingerprint density at radius 3 is 2.79 bits per heavy atom. The highest BCUT2D eigenvalue weighted by Gasteiger charge is 2.08. The number of nitrogens with zero attached hydrogens (tertiary/aromatic N) is 2. The van der Waals surface area contributed by atoms with Crippen molar-refractivity contribution in [3.05, 3.63) is 60.4 Å². The van der Waals surface area contributed by atoms with E-state index in [0.29, 0.717) is 0 Å². The fourth-order valence-electron chi connectivity index (χ4n) is 2.38. The van der Waals surface area contributed by atoms with Crippen LogP contribution in [0.3, 0.4) is 0 Å². The first-order chi connectivity index (χ1) is 9.31. The van der Waals surface area contributed by atoms with Gasteiger partial charge in [0, 0.05) is 16.6 Å². The number of thiophene rings is 1. The van der Waals surface area contributed by atoms with Gasteiger partial charge in [0.15, 0.2) is 0 Å². The third kappa shape index (κ3) is 1.66. The van der Waals surface area contributed by atoms with Crippen molar-refractivity contribution in [3.8, 4) is 10.6 Å². The quantitative estimate of drug-likeness (QED) is 0.494. The van der Waals surface area contributed by atoms with Crippen molar-refractivity contribution in [3.63, 3.8) is 0 Å². The molecule has 3 aromatic heterocycles. The summed E-state index contributed by atoms with van der Waals surface area (Å²) in [5, 5.41) is 1.29. The van der Waals surface area contributed by atoms with Crippen molar-refractivity contribution in [1.82, 2.24) is 9.38 Å². The highest BCUT2D eigenvalue weighted by Crippen LogP contribution is 2.32. The summed E-state index contributed by atoms with van der Waals surface area (Å²) in [6.45, 7) is 2.10. The monoisotopic (exact) mass is 264 g/mol. The number of imidazole rings is 1. The van der Waals surface area contributed by atoms with Crippen LogP contribution in [0.25, 0.3) is 26.3 Å². The number of benzene rings is 1. The summed E-state index contributed by atoms with van der Waals surface area (Å²) in [4.78, 5) is 5.94. The van der Waals surface area contributed by atoms with Crippen LogP contribution < -0.4 is 0 Å². The van der Waals surface area contributed by atoms with Crippen LogP contribution in [0.4, 0.5) is 0 Å². The standard InChI is InChI=1S/C16H12N2S/c1-11-5-4-8-16-17-13(10-18(11)16)15-9-12-6-2-3-7-14(12)19-15/h2-10H,1H3. The van der Waals surface area contributed by atoms with Gasteiger partial charge in [0.1, 0.15) is 5.65 Å². The molecule has 0 bridgehead atoms. The number of fused-ring (bicyclic) bond motifs is 2. The molecule has 0 aliphatic rings. The van der Waals surface area contributed by atoms with Gasteiger partial charge in [0.25, 0.3) is 0 Å². The second-order valence-corrected chi connectivity index (χ2v) is 5.75. The lowest BCUT2D eigenvalue weighted by atomic mass is 10.2. The maximum Gasteiger partial charge on any atom is 0.137 e. The fourth-order valence-corrected chi connectivity index (χ4v) is 3.39. The van der Waals surface area contributed by atoms with Crippen LogP contribution >= 0.6 is 11.3 Å². The smallest absolute Gasteiger partial charge is 0.137 e. The highest BCUT2D eigenvalue weighted by molar-refractivity contribution is 7.22. The number of pyridine rings is 1. The maximum atomic E-state index is 4.71. The lowest BCUT2D eigenvalue weighted by Crippen LogP contribution is -1.86. The molecule has 3 heterocycles. The molecule has 4 rings (SSSR count). The molecule has 2 nitrogen and oxygen atoms in total. The van der Waals surface area contributed by atoms with Gasteiger partial charge in [0.05, 0.1) is 10.6 Å². The molecule has 0 fully saturated rings. The summed E-state index contributed by atoms with van der Waals surface area (Å²) in [6, 6.07) is 16.9. The van der Waals surface area contributed by atoms with Crippen LogP contribution in [-0.2, 0) is 0 Å². The molecule has 0 atom stereocenters. The van der Waals surface area contributed by atoms with E-state index >= 15 is 0 Å². The molecule has 4 aromatic rings. The zero-order chi connectivity index (χ0) is 12.8. The first kappa shape index (κ1) is 10.8. The minimum absolute atomic E-state index is 1.01. The summed E-state index contributed by atoms with van der Waals surface area (Å²) >= 11 is 1.80. The molecule has 0 spiro atoms.